The second-order valence-electron chi connectivity index (χ2n) is 7.95. The van der Waals surface area contributed by atoms with E-state index in [1.54, 1.807) is 18.5 Å². The number of likely N-dealkylation sites (tertiary alicyclic amines) is 1. The summed E-state index contributed by atoms with van der Waals surface area (Å²) in [6.07, 6.45) is 5.52. The molecule has 0 unspecified atom stereocenters. The summed E-state index contributed by atoms with van der Waals surface area (Å²) in [6.45, 7) is 2.46. The molecule has 0 bridgehead atoms. The molecule has 3 heterocycles. The largest absolute Gasteiger partial charge is 0.369 e. The molecule has 2 aromatic heterocycles. The number of nitrogens with zero attached hydrogens (tertiary/aromatic N) is 4. The number of hydrogen-bond donors (Lipinski definition) is 2. The van der Waals surface area contributed by atoms with Crippen LogP contribution < -0.4 is 11.1 Å². The van der Waals surface area contributed by atoms with E-state index in [4.69, 9.17) is 10.3 Å². The number of aryl methyl sites for hydroxylation is 1. The van der Waals surface area contributed by atoms with E-state index in [-0.39, 0.29) is 24.2 Å². The average molecular weight is 435 g/mol. The Balaban J connectivity index is 1.26. The van der Waals surface area contributed by atoms with Crippen molar-refractivity contribution < 1.29 is 14.1 Å². The molecule has 2 amide bonds. The van der Waals surface area contributed by atoms with Crippen LogP contribution >= 0.6 is 0 Å². The summed E-state index contributed by atoms with van der Waals surface area (Å²) in [5, 5.41) is 6.87. The number of anilines is 1. The number of benzene rings is 1. The molecular weight excluding hydrogens is 408 g/mol. The number of primary amides is 1. The van der Waals surface area contributed by atoms with Crippen LogP contribution in [0.1, 0.15) is 30.7 Å². The highest BCUT2D eigenvalue weighted by atomic mass is 16.5. The summed E-state index contributed by atoms with van der Waals surface area (Å²) < 4.78 is 5.24. The van der Waals surface area contributed by atoms with Gasteiger partial charge < -0.3 is 15.6 Å². The number of carbonyl (C=O) groups excluding carboxylic acids is 2. The molecular formula is C23H26N6O3. The van der Waals surface area contributed by atoms with Crippen LogP contribution in [0.3, 0.4) is 0 Å². The summed E-state index contributed by atoms with van der Waals surface area (Å²) in [5.41, 5.74) is 8.03. The molecule has 1 fully saturated rings. The fourth-order valence-electron chi connectivity index (χ4n) is 3.79. The molecule has 0 aliphatic carbocycles. The van der Waals surface area contributed by atoms with Gasteiger partial charge in [0.15, 0.2) is 0 Å². The van der Waals surface area contributed by atoms with Gasteiger partial charge in [-0.25, -0.2) is 0 Å². The molecule has 0 radical (unpaired) electrons. The maximum Gasteiger partial charge on any atom is 0.227 e. The van der Waals surface area contributed by atoms with Crippen molar-refractivity contribution in [3.05, 3.63) is 60.2 Å². The van der Waals surface area contributed by atoms with Crippen molar-refractivity contribution in [2.75, 3.05) is 18.4 Å². The molecule has 1 aromatic carbocycles. The standard InChI is InChI=1S/C23H26N6O3/c24-22(31)17-8-11-29(12-9-17)15-16-3-1-5-19(13-16)26-20(30)6-7-21-27-23(28-32-21)18-4-2-10-25-14-18/h1-5,10,13-14,17H,6-9,11-12,15H2,(H2,24,31)(H,26,30). The Morgan fingerprint density at radius 1 is 1.19 bits per heavy atom. The molecule has 166 valence electrons. The summed E-state index contributed by atoms with van der Waals surface area (Å²) in [5.74, 6) is 0.526. The second-order valence-corrected chi connectivity index (χ2v) is 7.95. The lowest BCUT2D eigenvalue weighted by molar-refractivity contribution is -0.123. The monoisotopic (exact) mass is 434 g/mol. The molecule has 0 atom stereocenters. The maximum absolute atomic E-state index is 12.4. The maximum atomic E-state index is 12.4. The topological polar surface area (TPSA) is 127 Å². The third-order valence-electron chi connectivity index (χ3n) is 5.56. The first kappa shape index (κ1) is 21.6. The second kappa shape index (κ2) is 10.1. The van der Waals surface area contributed by atoms with Gasteiger partial charge in [0.05, 0.1) is 0 Å². The number of carbonyl (C=O) groups is 2. The highest BCUT2D eigenvalue weighted by Crippen LogP contribution is 2.20. The number of piperidine rings is 1. The Morgan fingerprint density at radius 2 is 2.03 bits per heavy atom. The van der Waals surface area contributed by atoms with Gasteiger partial charge in [-0.1, -0.05) is 17.3 Å². The Kier molecular flexibility index (Phi) is 6.86. The van der Waals surface area contributed by atoms with Gasteiger partial charge >= 0.3 is 0 Å². The van der Waals surface area contributed by atoms with E-state index in [1.165, 1.54) is 0 Å². The van der Waals surface area contributed by atoms with Gasteiger partial charge in [0, 0.05) is 48.9 Å². The number of nitrogens with two attached hydrogens (primary N) is 1. The molecule has 0 spiro atoms. The molecule has 3 N–H and O–H groups in total. The van der Waals surface area contributed by atoms with E-state index >= 15 is 0 Å². The third kappa shape index (κ3) is 5.76. The lowest BCUT2D eigenvalue weighted by Crippen LogP contribution is -2.38. The number of pyridine rings is 1. The Bertz CT molecular complexity index is 1060. The van der Waals surface area contributed by atoms with Crippen LogP contribution in [0.2, 0.25) is 0 Å². The Labute approximate surface area is 186 Å². The van der Waals surface area contributed by atoms with Gasteiger partial charge in [-0.3, -0.25) is 19.5 Å². The van der Waals surface area contributed by atoms with Gasteiger partial charge in [0.1, 0.15) is 0 Å². The SMILES string of the molecule is NC(=O)C1CCN(Cc2cccc(NC(=O)CCc3nc(-c4cccnc4)no3)c2)CC1. The van der Waals surface area contributed by atoms with Gasteiger partial charge in [-0.2, -0.15) is 4.98 Å². The quantitative estimate of drug-likeness (QED) is 0.557. The lowest BCUT2D eigenvalue weighted by Gasteiger charge is -2.30. The number of aromatic nitrogens is 3. The molecule has 1 aliphatic heterocycles. The molecule has 32 heavy (non-hydrogen) atoms. The van der Waals surface area contributed by atoms with Crippen LogP contribution in [-0.2, 0) is 22.6 Å². The van der Waals surface area contributed by atoms with E-state index in [2.05, 4.69) is 25.3 Å². The number of hydrogen-bond acceptors (Lipinski definition) is 7. The highest BCUT2D eigenvalue weighted by Gasteiger charge is 2.23. The van der Waals surface area contributed by atoms with Crippen LogP contribution in [0.4, 0.5) is 5.69 Å². The minimum absolute atomic E-state index is 0.0174. The van der Waals surface area contributed by atoms with Gasteiger partial charge in [-0.15, -0.1) is 0 Å². The summed E-state index contributed by atoms with van der Waals surface area (Å²) in [6, 6.07) is 11.5. The molecule has 9 heteroatoms. The van der Waals surface area contributed by atoms with Crippen LogP contribution in [0.15, 0.2) is 53.3 Å². The molecule has 4 rings (SSSR count). The smallest absolute Gasteiger partial charge is 0.227 e. The number of amides is 2. The minimum Gasteiger partial charge on any atom is -0.369 e. The van der Waals surface area contributed by atoms with Crippen molar-refractivity contribution in [3.8, 4) is 11.4 Å². The first-order valence-corrected chi connectivity index (χ1v) is 10.7. The summed E-state index contributed by atoms with van der Waals surface area (Å²) in [4.78, 5) is 34.4. The lowest BCUT2D eigenvalue weighted by atomic mass is 9.96. The van der Waals surface area contributed by atoms with E-state index in [9.17, 15) is 9.59 Å². The average Bonchev–Trinajstić information content (AvgIpc) is 3.28. The first-order chi connectivity index (χ1) is 15.6. The molecule has 1 saturated heterocycles. The Hall–Kier alpha value is -3.59. The van der Waals surface area contributed by atoms with Crippen molar-refractivity contribution in [1.82, 2.24) is 20.0 Å². The van der Waals surface area contributed by atoms with Crippen LogP contribution in [0.25, 0.3) is 11.4 Å². The van der Waals surface area contributed by atoms with Crippen molar-refractivity contribution in [2.24, 2.45) is 11.7 Å². The Morgan fingerprint density at radius 3 is 2.78 bits per heavy atom. The molecule has 9 nitrogen and oxygen atoms in total. The van der Waals surface area contributed by atoms with Crippen molar-refractivity contribution in [2.45, 2.75) is 32.2 Å². The highest BCUT2D eigenvalue weighted by molar-refractivity contribution is 5.90. The minimum atomic E-state index is -0.205. The van der Waals surface area contributed by atoms with E-state index < -0.39 is 0 Å². The van der Waals surface area contributed by atoms with Crippen LogP contribution in [-0.4, -0.2) is 44.9 Å². The summed E-state index contributed by atoms with van der Waals surface area (Å²) in [7, 11) is 0. The predicted octanol–water partition coefficient (Wildman–Crippen LogP) is 2.40. The van der Waals surface area contributed by atoms with Crippen molar-refractivity contribution >= 4 is 17.5 Å². The number of rotatable bonds is 8. The molecule has 3 aromatic rings. The van der Waals surface area contributed by atoms with E-state index in [0.29, 0.717) is 18.1 Å². The zero-order chi connectivity index (χ0) is 22.3. The molecule has 0 saturated carbocycles. The predicted molar refractivity (Wildman–Crippen MR) is 118 cm³/mol. The fourth-order valence-corrected chi connectivity index (χ4v) is 3.79. The fraction of sp³-hybridized carbons (Fsp3) is 0.348. The first-order valence-electron chi connectivity index (χ1n) is 10.7. The van der Waals surface area contributed by atoms with Crippen molar-refractivity contribution in [3.63, 3.8) is 0 Å². The van der Waals surface area contributed by atoms with E-state index in [1.807, 2.05) is 30.3 Å². The summed E-state index contributed by atoms with van der Waals surface area (Å²) >= 11 is 0. The zero-order valence-corrected chi connectivity index (χ0v) is 17.7. The number of nitrogens with one attached hydrogen (secondary N) is 1. The van der Waals surface area contributed by atoms with Gasteiger partial charge in [-0.05, 0) is 55.8 Å². The van der Waals surface area contributed by atoms with Crippen LogP contribution in [0.5, 0.6) is 0 Å². The van der Waals surface area contributed by atoms with E-state index in [0.717, 1.165) is 49.3 Å². The van der Waals surface area contributed by atoms with Gasteiger partial charge in [0.2, 0.25) is 23.5 Å². The van der Waals surface area contributed by atoms with Crippen LogP contribution in [0, 0.1) is 5.92 Å². The molecule has 1 aliphatic rings. The third-order valence-corrected chi connectivity index (χ3v) is 5.56. The normalized spacial score (nSPS) is 14.9. The zero-order valence-electron chi connectivity index (χ0n) is 17.7. The van der Waals surface area contributed by atoms with Gasteiger partial charge in [0.25, 0.3) is 0 Å². The van der Waals surface area contributed by atoms with Crippen molar-refractivity contribution in [1.29, 1.82) is 0 Å².